The van der Waals surface area contributed by atoms with Crippen molar-refractivity contribution in [1.82, 2.24) is 5.32 Å². The zero-order valence-corrected chi connectivity index (χ0v) is 12.2. The second-order valence-electron chi connectivity index (χ2n) is 4.79. The average Bonchev–Trinajstić information content (AvgIpc) is 2.52. The molecule has 110 valence electrons. The summed E-state index contributed by atoms with van der Waals surface area (Å²) in [5.74, 6) is 5.15. The summed E-state index contributed by atoms with van der Waals surface area (Å²) in [5, 5.41) is 2.73. The summed E-state index contributed by atoms with van der Waals surface area (Å²) in [5.41, 5.74) is 8.08. The first-order valence-corrected chi connectivity index (χ1v) is 6.80. The molecule has 0 unspecified atom stereocenters. The zero-order valence-electron chi connectivity index (χ0n) is 12.2. The van der Waals surface area contributed by atoms with Gasteiger partial charge < -0.3 is 11.1 Å². The van der Waals surface area contributed by atoms with Crippen molar-refractivity contribution in [2.45, 2.75) is 6.92 Å². The number of nitrogens with one attached hydrogen (secondary N) is 1. The number of rotatable bonds is 3. The summed E-state index contributed by atoms with van der Waals surface area (Å²) in [6.45, 7) is 2.22. The lowest BCUT2D eigenvalue weighted by Crippen LogP contribution is -2.23. The number of hydrogen-bond acceptors (Lipinski definition) is 2. The van der Waals surface area contributed by atoms with Crippen LogP contribution in [-0.2, 0) is 0 Å². The fourth-order valence-electron chi connectivity index (χ4n) is 1.80. The Kier molecular flexibility index (Phi) is 4.94. The first kappa shape index (κ1) is 15.3. The lowest BCUT2D eigenvalue weighted by Gasteiger charge is -2.01. The molecule has 0 aliphatic rings. The van der Waals surface area contributed by atoms with Crippen LogP contribution in [0.1, 0.15) is 31.8 Å². The molecule has 0 radical (unpaired) electrons. The van der Waals surface area contributed by atoms with E-state index in [1.54, 1.807) is 36.4 Å². The molecule has 2 aromatic rings. The second-order valence-corrected chi connectivity index (χ2v) is 4.79. The van der Waals surface area contributed by atoms with E-state index in [2.05, 4.69) is 17.2 Å². The Hall–Kier alpha value is -3.06. The smallest absolute Gasteiger partial charge is 0.252 e. The molecule has 0 spiro atoms. The molecular formula is C18H16N2O2. The maximum Gasteiger partial charge on any atom is 0.252 e. The van der Waals surface area contributed by atoms with Gasteiger partial charge in [-0.2, -0.15) is 0 Å². The van der Waals surface area contributed by atoms with Gasteiger partial charge in [0.2, 0.25) is 5.91 Å². The summed E-state index contributed by atoms with van der Waals surface area (Å²) in [7, 11) is 0. The van der Waals surface area contributed by atoms with E-state index >= 15 is 0 Å². The van der Waals surface area contributed by atoms with Gasteiger partial charge in [-0.15, -0.1) is 0 Å². The lowest BCUT2D eigenvalue weighted by molar-refractivity contribution is 0.0957. The van der Waals surface area contributed by atoms with Gasteiger partial charge in [-0.3, -0.25) is 9.59 Å². The summed E-state index contributed by atoms with van der Waals surface area (Å²) in [6, 6.07) is 14.0. The number of primary amides is 1. The van der Waals surface area contributed by atoms with Gasteiger partial charge in [0.15, 0.2) is 0 Å². The molecule has 0 aliphatic carbocycles. The van der Waals surface area contributed by atoms with Crippen molar-refractivity contribution < 1.29 is 9.59 Å². The molecule has 0 bridgehead atoms. The first-order chi connectivity index (χ1) is 10.6. The van der Waals surface area contributed by atoms with Crippen molar-refractivity contribution in [3.63, 3.8) is 0 Å². The van der Waals surface area contributed by atoms with Crippen molar-refractivity contribution in [3.05, 3.63) is 70.8 Å². The van der Waals surface area contributed by atoms with E-state index < -0.39 is 5.91 Å². The molecule has 0 saturated heterocycles. The highest BCUT2D eigenvalue weighted by molar-refractivity contribution is 5.94. The third-order valence-electron chi connectivity index (χ3n) is 3.05. The molecule has 0 aromatic heterocycles. The Morgan fingerprint density at radius 3 is 2.18 bits per heavy atom. The predicted molar refractivity (Wildman–Crippen MR) is 85.4 cm³/mol. The van der Waals surface area contributed by atoms with Crippen molar-refractivity contribution in [3.8, 4) is 11.8 Å². The Balaban J connectivity index is 1.89. The molecule has 4 nitrogen and oxygen atoms in total. The minimum absolute atomic E-state index is 0.154. The number of aryl methyl sites for hydroxylation is 1. The molecule has 22 heavy (non-hydrogen) atoms. The standard InChI is InChI=1S/C18H16N2O2/c1-13-4-8-16(9-5-13)18(22)20-12-2-3-14-6-10-15(11-7-14)17(19)21/h4-11H,12H2,1H3,(H2,19,21)(H,20,22). The van der Waals surface area contributed by atoms with Gasteiger partial charge in [-0.05, 0) is 43.3 Å². The lowest BCUT2D eigenvalue weighted by atomic mass is 10.1. The van der Waals surface area contributed by atoms with Crippen LogP contribution in [0.2, 0.25) is 0 Å². The van der Waals surface area contributed by atoms with E-state index in [0.717, 1.165) is 11.1 Å². The number of carbonyl (C=O) groups excluding carboxylic acids is 2. The SMILES string of the molecule is Cc1ccc(C(=O)NCC#Cc2ccc(C(N)=O)cc2)cc1. The summed E-state index contributed by atoms with van der Waals surface area (Å²) in [6.07, 6.45) is 0. The topological polar surface area (TPSA) is 72.2 Å². The number of hydrogen-bond donors (Lipinski definition) is 2. The highest BCUT2D eigenvalue weighted by Crippen LogP contribution is 2.03. The highest BCUT2D eigenvalue weighted by Gasteiger charge is 2.02. The Morgan fingerprint density at radius 1 is 1.00 bits per heavy atom. The molecule has 0 heterocycles. The van der Waals surface area contributed by atoms with Crippen LogP contribution in [0.3, 0.4) is 0 Å². The van der Waals surface area contributed by atoms with Crippen LogP contribution in [0.15, 0.2) is 48.5 Å². The van der Waals surface area contributed by atoms with Gasteiger partial charge in [0.05, 0.1) is 6.54 Å². The first-order valence-electron chi connectivity index (χ1n) is 6.80. The van der Waals surface area contributed by atoms with E-state index in [4.69, 9.17) is 5.73 Å². The van der Waals surface area contributed by atoms with Crippen molar-refractivity contribution >= 4 is 11.8 Å². The maximum atomic E-state index is 11.9. The number of benzene rings is 2. The third kappa shape index (κ3) is 4.22. The van der Waals surface area contributed by atoms with E-state index in [1.807, 2.05) is 19.1 Å². The summed E-state index contributed by atoms with van der Waals surface area (Å²) >= 11 is 0. The number of amides is 2. The Labute approximate surface area is 129 Å². The predicted octanol–water partition coefficient (Wildman–Crippen LogP) is 1.88. The van der Waals surface area contributed by atoms with Crippen molar-refractivity contribution in [2.75, 3.05) is 6.54 Å². The number of carbonyl (C=O) groups is 2. The second kappa shape index (κ2) is 7.09. The van der Waals surface area contributed by atoms with Crippen LogP contribution < -0.4 is 11.1 Å². The van der Waals surface area contributed by atoms with Gasteiger partial charge in [-0.25, -0.2) is 0 Å². The monoisotopic (exact) mass is 292 g/mol. The minimum atomic E-state index is -0.468. The van der Waals surface area contributed by atoms with Crippen LogP contribution in [-0.4, -0.2) is 18.4 Å². The van der Waals surface area contributed by atoms with Gasteiger partial charge in [0.25, 0.3) is 5.91 Å². The van der Waals surface area contributed by atoms with Crippen molar-refractivity contribution in [1.29, 1.82) is 0 Å². The molecule has 0 aliphatic heterocycles. The zero-order chi connectivity index (χ0) is 15.9. The minimum Gasteiger partial charge on any atom is -0.366 e. The van der Waals surface area contributed by atoms with E-state index in [-0.39, 0.29) is 12.5 Å². The van der Waals surface area contributed by atoms with Crippen LogP contribution in [0.4, 0.5) is 0 Å². The van der Waals surface area contributed by atoms with Crippen molar-refractivity contribution in [2.24, 2.45) is 5.73 Å². The van der Waals surface area contributed by atoms with Crippen LogP contribution in [0.25, 0.3) is 0 Å². The quantitative estimate of drug-likeness (QED) is 0.848. The molecule has 2 amide bonds. The molecule has 2 aromatic carbocycles. The molecule has 0 saturated carbocycles. The van der Waals surface area contributed by atoms with Gasteiger partial charge in [0, 0.05) is 16.7 Å². The average molecular weight is 292 g/mol. The normalized spacial score (nSPS) is 9.50. The maximum absolute atomic E-state index is 11.9. The van der Waals surface area contributed by atoms with Gasteiger partial charge >= 0.3 is 0 Å². The fourth-order valence-corrected chi connectivity index (χ4v) is 1.80. The Bertz CT molecular complexity index is 735. The summed E-state index contributed by atoms with van der Waals surface area (Å²) < 4.78 is 0. The Morgan fingerprint density at radius 2 is 1.59 bits per heavy atom. The molecule has 4 heteroatoms. The number of nitrogens with two attached hydrogens (primary N) is 1. The van der Waals surface area contributed by atoms with Gasteiger partial charge in [0.1, 0.15) is 0 Å². The molecular weight excluding hydrogens is 276 g/mol. The summed E-state index contributed by atoms with van der Waals surface area (Å²) in [4.78, 5) is 22.8. The molecule has 0 atom stereocenters. The fraction of sp³-hybridized carbons (Fsp3) is 0.111. The largest absolute Gasteiger partial charge is 0.366 e. The van der Waals surface area contributed by atoms with Crippen LogP contribution in [0.5, 0.6) is 0 Å². The van der Waals surface area contributed by atoms with E-state index in [0.29, 0.717) is 11.1 Å². The molecule has 0 fully saturated rings. The molecule has 3 N–H and O–H groups in total. The van der Waals surface area contributed by atoms with E-state index in [1.165, 1.54) is 0 Å². The van der Waals surface area contributed by atoms with Gasteiger partial charge in [-0.1, -0.05) is 29.5 Å². The third-order valence-corrected chi connectivity index (χ3v) is 3.05. The van der Waals surface area contributed by atoms with E-state index in [9.17, 15) is 9.59 Å². The van der Waals surface area contributed by atoms with Crippen LogP contribution >= 0.6 is 0 Å². The van der Waals surface area contributed by atoms with Crippen LogP contribution in [0, 0.1) is 18.8 Å². The highest BCUT2D eigenvalue weighted by atomic mass is 16.2. The molecule has 2 rings (SSSR count).